The molecule has 1 unspecified atom stereocenters. The zero-order chi connectivity index (χ0) is 12.3. The summed E-state index contributed by atoms with van der Waals surface area (Å²) in [7, 11) is 0. The van der Waals surface area contributed by atoms with Gasteiger partial charge in [-0.1, -0.05) is 13.8 Å². The summed E-state index contributed by atoms with van der Waals surface area (Å²) >= 11 is 0. The summed E-state index contributed by atoms with van der Waals surface area (Å²) in [5.41, 5.74) is 1.23. The van der Waals surface area contributed by atoms with Gasteiger partial charge in [0.1, 0.15) is 0 Å². The summed E-state index contributed by atoms with van der Waals surface area (Å²) in [6, 6.07) is 0.676. The predicted octanol–water partition coefficient (Wildman–Crippen LogP) is 1.71. The van der Waals surface area contributed by atoms with Crippen molar-refractivity contribution in [2.24, 2.45) is 5.92 Å². The van der Waals surface area contributed by atoms with Crippen LogP contribution in [0, 0.1) is 5.92 Å². The van der Waals surface area contributed by atoms with Gasteiger partial charge in [0, 0.05) is 25.3 Å². The largest absolute Gasteiger partial charge is 0.392 e. The first-order valence-corrected chi connectivity index (χ1v) is 6.56. The smallest absolute Gasteiger partial charge is 0.0951 e. The molecule has 1 saturated carbocycles. The first kappa shape index (κ1) is 12.6. The number of nitrogens with zero attached hydrogens (tertiary/aromatic N) is 2. The van der Waals surface area contributed by atoms with Crippen LogP contribution >= 0.6 is 0 Å². The first-order chi connectivity index (χ1) is 8.16. The molecule has 1 heterocycles. The van der Waals surface area contributed by atoms with Gasteiger partial charge in [-0.15, -0.1) is 0 Å². The van der Waals surface area contributed by atoms with Crippen molar-refractivity contribution in [1.29, 1.82) is 0 Å². The van der Waals surface area contributed by atoms with Crippen molar-refractivity contribution in [1.82, 2.24) is 14.9 Å². The van der Waals surface area contributed by atoms with Crippen LogP contribution in [0.25, 0.3) is 0 Å². The van der Waals surface area contributed by atoms with Gasteiger partial charge in [-0.05, 0) is 25.2 Å². The van der Waals surface area contributed by atoms with Crippen molar-refractivity contribution >= 4 is 0 Å². The minimum Gasteiger partial charge on any atom is -0.392 e. The topological polar surface area (TPSA) is 50.1 Å². The second kappa shape index (κ2) is 5.65. The van der Waals surface area contributed by atoms with Gasteiger partial charge in [-0.25, -0.2) is 4.98 Å². The Kier molecular flexibility index (Phi) is 4.18. The maximum absolute atomic E-state index is 9.75. The Hall–Kier alpha value is -0.870. The Morgan fingerprint density at radius 2 is 2.29 bits per heavy atom. The van der Waals surface area contributed by atoms with E-state index < -0.39 is 0 Å². The van der Waals surface area contributed by atoms with Gasteiger partial charge in [0.2, 0.25) is 0 Å². The zero-order valence-corrected chi connectivity index (χ0v) is 10.8. The normalized spacial score (nSPS) is 17.6. The van der Waals surface area contributed by atoms with Crippen molar-refractivity contribution in [2.75, 3.05) is 6.54 Å². The summed E-state index contributed by atoms with van der Waals surface area (Å²) in [5.74, 6) is 0.545. The lowest BCUT2D eigenvalue weighted by atomic mass is 10.1. The van der Waals surface area contributed by atoms with Crippen LogP contribution in [0.1, 0.15) is 44.8 Å². The average Bonchev–Trinajstić information content (AvgIpc) is 2.98. The standard InChI is InChI=1S/C13H23N3O/c1-10(2)5-13(17)8-14-6-12-7-15-9-16(12)11-3-4-11/h7,9-11,13-14,17H,3-6,8H2,1-2H3. The molecular formula is C13H23N3O. The molecule has 4 heteroatoms. The van der Waals surface area contributed by atoms with Gasteiger partial charge in [0.05, 0.1) is 18.1 Å². The average molecular weight is 237 g/mol. The summed E-state index contributed by atoms with van der Waals surface area (Å²) in [6.45, 7) is 5.72. The highest BCUT2D eigenvalue weighted by molar-refractivity contribution is 5.03. The molecule has 0 saturated heterocycles. The van der Waals surface area contributed by atoms with Crippen LogP contribution in [0.2, 0.25) is 0 Å². The number of hydrogen-bond donors (Lipinski definition) is 2. The Labute approximate surface area is 103 Å². The number of aliphatic hydroxyl groups is 1. The molecule has 1 aliphatic carbocycles. The van der Waals surface area contributed by atoms with Crippen LogP contribution in [-0.4, -0.2) is 27.3 Å². The van der Waals surface area contributed by atoms with Crippen molar-refractivity contribution in [3.05, 3.63) is 18.2 Å². The Balaban J connectivity index is 1.72. The molecule has 0 aliphatic heterocycles. The van der Waals surface area contributed by atoms with Crippen LogP contribution < -0.4 is 5.32 Å². The van der Waals surface area contributed by atoms with E-state index in [1.165, 1.54) is 18.5 Å². The molecule has 0 spiro atoms. The van der Waals surface area contributed by atoms with E-state index in [1.54, 1.807) is 0 Å². The number of aromatic nitrogens is 2. The van der Waals surface area contributed by atoms with E-state index in [-0.39, 0.29) is 6.10 Å². The number of imidazole rings is 1. The molecule has 1 aromatic rings. The Bertz CT molecular complexity index is 344. The van der Waals surface area contributed by atoms with Gasteiger partial charge in [0.15, 0.2) is 0 Å². The maximum atomic E-state index is 9.75. The van der Waals surface area contributed by atoms with E-state index in [1.807, 2.05) is 12.5 Å². The fraction of sp³-hybridized carbons (Fsp3) is 0.769. The quantitative estimate of drug-likeness (QED) is 0.759. The molecule has 2 rings (SSSR count). The van der Waals surface area contributed by atoms with Gasteiger partial charge in [-0.3, -0.25) is 0 Å². The first-order valence-electron chi connectivity index (χ1n) is 6.56. The van der Waals surface area contributed by atoms with Crippen LogP contribution in [0.15, 0.2) is 12.5 Å². The van der Waals surface area contributed by atoms with E-state index in [9.17, 15) is 5.11 Å². The summed E-state index contributed by atoms with van der Waals surface area (Å²) in [6.07, 6.45) is 7.00. The number of aliphatic hydroxyl groups excluding tert-OH is 1. The van der Waals surface area contributed by atoms with Gasteiger partial charge < -0.3 is 15.0 Å². The molecule has 0 amide bonds. The highest BCUT2D eigenvalue weighted by atomic mass is 16.3. The molecule has 1 aromatic heterocycles. The molecule has 1 fully saturated rings. The monoisotopic (exact) mass is 237 g/mol. The van der Waals surface area contributed by atoms with Crippen molar-refractivity contribution in [3.63, 3.8) is 0 Å². The lowest BCUT2D eigenvalue weighted by molar-refractivity contribution is 0.146. The maximum Gasteiger partial charge on any atom is 0.0951 e. The predicted molar refractivity (Wildman–Crippen MR) is 67.7 cm³/mol. The number of rotatable bonds is 7. The third-order valence-electron chi connectivity index (χ3n) is 3.12. The molecule has 96 valence electrons. The van der Waals surface area contributed by atoms with Crippen LogP contribution in [0.4, 0.5) is 0 Å². The molecule has 4 nitrogen and oxygen atoms in total. The van der Waals surface area contributed by atoms with Gasteiger partial charge >= 0.3 is 0 Å². The van der Waals surface area contributed by atoms with Gasteiger partial charge in [0.25, 0.3) is 0 Å². The van der Waals surface area contributed by atoms with E-state index in [0.717, 1.165) is 13.0 Å². The lowest BCUT2D eigenvalue weighted by Gasteiger charge is -2.14. The summed E-state index contributed by atoms with van der Waals surface area (Å²) < 4.78 is 2.25. The molecule has 0 radical (unpaired) electrons. The molecule has 17 heavy (non-hydrogen) atoms. The third-order valence-corrected chi connectivity index (χ3v) is 3.12. The molecule has 1 aliphatic rings. The van der Waals surface area contributed by atoms with E-state index >= 15 is 0 Å². The fourth-order valence-corrected chi connectivity index (χ4v) is 2.14. The fourth-order valence-electron chi connectivity index (χ4n) is 2.14. The third kappa shape index (κ3) is 3.82. The van der Waals surface area contributed by atoms with Crippen LogP contribution in [-0.2, 0) is 6.54 Å². The number of hydrogen-bond acceptors (Lipinski definition) is 3. The Morgan fingerprint density at radius 1 is 1.53 bits per heavy atom. The van der Waals surface area contributed by atoms with E-state index in [4.69, 9.17) is 0 Å². The Morgan fingerprint density at radius 3 is 2.94 bits per heavy atom. The lowest BCUT2D eigenvalue weighted by Crippen LogP contribution is -2.28. The molecule has 0 aromatic carbocycles. The summed E-state index contributed by atoms with van der Waals surface area (Å²) in [5, 5.41) is 13.1. The molecule has 0 bridgehead atoms. The second-order valence-corrected chi connectivity index (χ2v) is 5.44. The van der Waals surface area contributed by atoms with Crippen molar-refractivity contribution in [2.45, 2.75) is 51.8 Å². The van der Waals surface area contributed by atoms with Crippen LogP contribution in [0.5, 0.6) is 0 Å². The van der Waals surface area contributed by atoms with E-state index in [2.05, 4.69) is 28.7 Å². The summed E-state index contributed by atoms with van der Waals surface area (Å²) in [4.78, 5) is 4.19. The highest BCUT2D eigenvalue weighted by Gasteiger charge is 2.24. The molecule has 1 atom stereocenters. The highest BCUT2D eigenvalue weighted by Crippen LogP contribution is 2.35. The second-order valence-electron chi connectivity index (χ2n) is 5.44. The van der Waals surface area contributed by atoms with Crippen molar-refractivity contribution in [3.8, 4) is 0 Å². The molecular weight excluding hydrogens is 214 g/mol. The van der Waals surface area contributed by atoms with Crippen LogP contribution in [0.3, 0.4) is 0 Å². The van der Waals surface area contributed by atoms with Crippen molar-refractivity contribution < 1.29 is 5.11 Å². The number of nitrogens with one attached hydrogen (secondary N) is 1. The minimum absolute atomic E-state index is 0.243. The minimum atomic E-state index is -0.243. The van der Waals surface area contributed by atoms with Gasteiger partial charge in [-0.2, -0.15) is 0 Å². The molecule has 2 N–H and O–H groups in total. The van der Waals surface area contributed by atoms with E-state index in [0.29, 0.717) is 18.5 Å². The zero-order valence-electron chi connectivity index (χ0n) is 10.8. The SMILES string of the molecule is CC(C)CC(O)CNCc1cncn1C1CC1.